The van der Waals surface area contributed by atoms with Crippen molar-refractivity contribution in [3.63, 3.8) is 0 Å². The molecule has 156 valence electrons. The number of ether oxygens (including phenoxy) is 1. The minimum Gasteiger partial charge on any atom is -0.484 e. The van der Waals surface area contributed by atoms with E-state index in [0.29, 0.717) is 28.5 Å². The first-order chi connectivity index (χ1) is 15.1. The molecule has 0 saturated carbocycles. The fourth-order valence-electron chi connectivity index (χ4n) is 3.03. The molecule has 0 atom stereocenters. The summed E-state index contributed by atoms with van der Waals surface area (Å²) >= 11 is 1.51. The molecular weight excluding hydrogens is 410 g/mol. The van der Waals surface area contributed by atoms with Crippen molar-refractivity contribution in [2.75, 3.05) is 11.9 Å². The van der Waals surface area contributed by atoms with Crippen LogP contribution in [-0.4, -0.2) is 21.9 Å². The summed E-state index contributed by atoms with van der Waals surface area (Å²) in [5.41, 5.74) is 2.89. The molecule has 0 saturated heterocycles. The molecule has 0 aliphatic heterocycles. The van der Waals surface area contributed by atoms with Gasteiger partial charge in [-0.05, 0) is 42.8 Å². The normalized spacial score (nSPS) is 10.7. The van der Waals surface area contributed by atoms with Gasteiger partial charge in [0.15, 0.2) is 6.61 Å². The molecule has 0 unspecified atom stereocenters. The fourth-order valence-corrected chi connectivity index (χ4v) is 3.93. The van der Waals surface area contributed by atoms with Gasteiger partial charge in [-0.3, -0.25) is 14.0 Å². The summed E-state index contributed by atoms with van der Waals surface area (Å²) in [5.74, 6) is 0.908. The Kier molecular flexibility index (Phi) is 6.33. The van der Waals surface area contributed by atoms with E-state index >= 15 is 0 Å². The third-order valence-corrected chi connectivity index (χ3v) is 5.62. The Bertz CT molecular complexity index is 1270. The van der Waals surface area contributed by atoms with Gasteiger partial charge in [0, 0.05) is 22.9 Å². The molecule has 31 heavy (non-hydrogen) atoms. The van der Waals surface area contributed by atoms with Gasteiger partial charge in [0.2, 0.25) is 0 Å². The second kappa shape index (κ2) is 9.49. The number of para-hydroxylation sites is 2. The fraction of sp³-hybridized carbons (Fsp3) is 0.125. The third-order valence-electron chi connectivity index (χ3n) is 4.51. The van der Waals surface area contributed by atoms with Crippen LogP contribution >= 0.6 is 11.8 Å². The maximum absolute atomic E-state index is 12.4. The highest BCUT2D eigenvalue weighted by Gasteiger charge is 2.10. The van der Waals surface area contributed by atoms with Gasteiger partial charge in [0.25, 0.3) is 11.5 Å². The van der Waals surface area contributed by atoms with Gasteiger partial charge in [-0.15, -0.1) is 11.8 Å². The van der Waals surface area contributed by atoms with Crippen molar-refractivity contribution in [3.8, 4) is 5.75 Å². The molecule has 0 bridgehead atoms. The Labute approximate surface area is 183 Å². The lowest BCUT2D eigenvalue weighted by atomic mass is 10.3. The number of carbonyl (C=O) groups excluding carboxylic acids is 1. The number of benzene rings is 2. The van der Waals surface area contributed by atoms with Crippen molar-refractivity contribution in [1.29, 1.82) is 0 Å². The van der Waals surface area contributed by atoms with E-state index in [-0.39, 0.29) is 18.1 Å². The number of nitrogens with one attached hydrogen (secondary N) is 1. The zero-order valence-electron chi connectivity index (χ0n) is 16.9. The molecule has 0 aliphatic rings. The lowest BCUT2D eigenvalue weighted by molar-refractivity contribution is -0.118. The van der Waals surface area contributed by atoms with Crippen molar-refractivity contribution in [2.45, 2.75) is 17.6 Å². The first-order valence-electron chi connectivity index (χ1n) is 9.77. The molecule has 0 fully saturated rings. The van der Waals surface area contributed by atoms with Crippen molar-refractivity contribution in [1.82, 2.24) is 9.38 Å². The molecule has 7 heteroatoms. The molecule has 2 aromatic carbocycles. The van der Waals surface area contributed by atoms with E-state index in [1.54, 1.807) is 28.8 Å². The van der Waals surface area contributed by atoms with Crippen LogP contribution in [-0.2, 0) is 10.5 Å². The number of thioether (sulfide) groups is 1. The van der Waals surface area contributed by atoms with E-state index in [9.17, 15) is 9.59 Å². The van der Waals surface area contributed by atoms with Crippen molar-refractivity contribution >= 4 is 29.0 Å². The van der Waals surface area contributed by atoms with Crippen LogP contribution in [0.3, 0.4) is 0 Å². The quantitative estimate of drug-likeness (QED) is 0.442. The molecule has 4 rings (SSSR count). The number of hydrogen-bond donors (Lipinski definition) is 1. The van der Waals surface area contributed by atoms with E-state index in [4.69, 9.17) is 4.74 Å². The van der Waals surface area contributed by atoms with E-state index in [1.807, 2.05) is 61.5 Å². The highest BCUT2D eigenvalue weighted by Crippen LogP contribution is 2.29. The molecule has 0 radical (unpaired) electrons. The Morgan fingerprint density at radius 3 is 2.68 bits per heavy atom. The number of rotatable bonds is 7. The van der Waals surface area contributed by atoms with Gasteiger partial charge in [0.05, 0.1) is 11.4 Å². The summed E-state index contributed by atoms with van der Waals surface area (Å²) in [6, 6.07) is 22.1. The van der Waals surface area contributed by atoms with E-state index in [1.165, 1.54) is 11.8 Å². The van der Waals surface area contributed by atoms with Gasteiger partial charge in [-0.1, -0.05) is 36.4 Å². The zero-order chi connectivity index (χ0) is 21.6. The van der Waals surface area contributed by atoms with Crippen LogP contribution in [0.1, 0.15) is 11.3 Å². The molecule has 0 spiro atoms. The predicted molar refractivity (Wildman–Crippen MR) is 123 cm³/mol. The molecule has 2 aromatic heterocycles. The highest BCUT2D eigenvalue weighted by atomic mass is 32.2. The molecule has 6 nitrogen and oxygen atoms in total. The van der Waals surface area contributed by atoms with E-state index in [0.717, 1.165) is 10.5 Å². The molecule has 4 aromatic rings. The van der Waals surface area contributed by atoms with Gasteiger partial charge < -0.3 is 10.1 Å². The largest absolute Gasteiger partial charge is 0.484 e. The predicted octanol–water partition coefficient (Wildman–Crippen LogP) is 4.31. The third kappa shape index (κ3) is 5.32. The number of pyridine rings is 1. The summed E-state index contributed by atoms with van der Waals surface area (Å²) < 4.78 is 7.05. The number of aryl methyl sites for hydroxylation is 1. The lowest BCUT2D eigenvalue weighted by Crippen LogP contribution is -2.20. The number of fused-ring (bicyclic) bond motifs is 1. The Morgan fingerprint density at radius 1 is 1.06 bits per heavy atom. The standard InChI is InChI=1S/C24H21N3O3S/c1-17-11-12-22-25-18(13-24(29)27(22)14-17)16-31-21-10-6-5-9-20(21)26-23(28)15-30-19-7-3-2-4-8-19/h2-14H,15-16H2,1H3,(H,26,28). The summed E-state index contributed by atoms with van der Waals surface area (Å²) in [7, 11) is 0. The average Bonchev–Trinajstić information content (AvgIpc) is 2.78. The number of amides is 1. The number of nitrogens with zero attached hydrogens (tertiary/aromatic N) is 2. The van der Waals surface area contributed by atoms with Crippen molar-refractivity contribution in [3.05, 3.63) is 101 Å². The van der Waals surface area contributed by atoms with Crippen LogP contribution in [0.2, 0.25) is 0 Å². The van der Waals surface area contributed by atoms with Crippen LogP contribution < -0.4 is 15.6 Å². The number of aromatic nitrogens is 2. The SMILES string of the molecule is Cc1ccc2nc(CSc3ccccc3NC(=O)COc3ccccc3)cc(=O)n2c1. The summed E-state index contributed by atoms with van der Waals surface area (Å²) in [5, 5.41) is 2.89. The van der Waals surface area contributed by atoms with Crippen LogP contribution in [0.15, 0.2) is 88.7 Å². The minimum absolute atomic E-state index is 0.0780. The Hall–Kier alpha value is -3.58. The van der Waals surface area contributed by atoms with Gasteiger partial charge in [0.1, 0.15) is 11.4 Å². The van der Waals surface area contributed by atoms with Gasteiger partial charge >= 0.3 is 0 Å². The van der Waals surface area contributed by atoms with Crippen LogP contribution in [0, 0.1) is 6.92 Å². The molecule has 1 amide bonds. The minimum atomic E-state index is -0.241. The van der Waals surface area contributed by atoms with E-state index in [2.05, 4.69) is 10.3 Å². The smallest absolute Gasteiger partial charge is 0.262 e. The topological polar surface area (TPSA) is 72.7 Å². The molecule has 1 N–H and O–H groups in total. The number of anilines is 1. The van der Waals surface area contributed by atoms with E-state index < -0.39 is 0 Å². The second-order valence-electron chi connectivity index (χ2n) is 6.96. The molecule has 0 aliphatic carbocycles. The van der Waals surface area contributed by atoms with Crippen LogP contribution in [0.5, 0.6) is 5.75 Å². The Morgan fingerprint density at radius 2 is 1.84 bits per heavy atom. The highest BCUT2D eigenvalue weighted by molar-refractivity contribution is 7.98. The maximum Gasteiger partial charge on any atom is 0.262 e. The van der Waals surface area contributed by atoms with Gasteiger partial charge in [-0.2, -0.15) is 0 Å². The summed E-state index contributed by atoms with van der Waals surface area (Å²) in [6.45, 7) is 1.86. The van der Waals surface area contributed by atoms with Crippen LogP contribution in [0.4, 0.5) is 5.69 Å². The van der Waals surface area contributed by atoms with Crippen molar-refractivity contribution < 1.29 is 9.53 Å². The first kappa shape index (κ1) is 20.7. The molecule has 2 heterocycles. The summed E-state index contributed by atoms with van der Waals surface area (Å²) in [6.07, 6.45) is 1.78. The lowest BCUT2D eigenvalue weighted by Gasteiger charge is -2.11. The second-order valence-corrected chi connectivity index (χ2v) is 7.97. The first-order valence-corrected chi connectivity index (χ1v) is 10.8. The number of hydrogen-bond acceptors (Lipinski definition) is 5. The molecular formula is C24H21N3O3S. The van der Waals surface area contributed by atoms with Crippen molar-refractivity contribution in [2.24, 2.45) is 0 Å². The summed E-state index contributed by atoms with van der Waals surface area (Å²) in [4.78, 5) is 30.2. The average molecular weight is 432 g/mol. The van der Waals surface area contributed by atoms with Gasteiger partial charge in [-0.25, -0.2) is 4.98 Å². The number of carbonyl (C=O) groups is 1. The monoisotopic (exact) mass is 431 g/mol. The zero-order valence-corrected chi connectivity index (χ0v) is 17.8. The van der Waals surface area contributed by atoms with Crippen LogP contribution in [0.25, 0.3) is 5.65 Å². The Balaban J connectivity index is 1.43. The maximum atomic E-state index is 12.4.